The largest absolute Gasteiger partial charge is 0.494 e. The predicted octanol–water partition coefficient (Wildman–Crippen LogP) is 2.79. The van der Waals surface area contributed by atoms with E-state index in [-0.39, 0.29) is 17.9 Å². The molecule has 0 saturated heterocycles. The summed E-state index contributed by atoms with van der Waals surface area (Å²) in [6.45, 7) is 2.04. The van der Waals surface area contributed by atoms with Gasteiger partial charge in [-0.3, -0.25) is 4.79 Å². The van der Waals surface area contributed by atoms with Gasteiger partial charge in [0.2, 0.25) is 15.9 Å². The van der Waals surface area contributed by atoms with E-state index in [0.717, 1.165) is 28.6 Å². The van der Waals surface area contributed by atoms with Crippen molar-refractivity contribution in [2.75, 3.05) is 31.6 Å². The first-order chi connectivity index (χ1) is 13.8. The molecule has 2 rings (SSSR count). The molecule has 0 atom stereocenters. The second kappa shape index (κ2) is 10.0. The summed E-state index contributed by atoms with van der Waals surface area (Å²) in [6, 6.07) is 13.1. The highest BCUT2D eigenvalue weighted by molar-refractivity contribution is 7.89. The van der Waals surface area contributed by atoms with Crippen molar-refractivity contribution in [2.45, 2.75) is 18.2 Å². The Labute approximate surface area is 170 Å². The quantitative estimate of drug-likeness (QED) is 0.623. The number of nitrogens with zero attached hydrogens (tertiary/aromatic N) is 3. The van der Waals surface area contributed by atoms with Crippen molar-refractivity contribution in [1.29, 1.82) is 5.26 Å². The van der Waals surface area contributed by atoms with Crippen LogP contribution in [0.25, 0.3) is 0 Å². The average molecular weight is 419 g/mol. The molecule has 0 bridgehead atoms. The zero-order valence-corrected chi connectivity index (χ0v) is 17.0. The summed E-state index contributed by atoms with van der Waals surface area (Å²) in [5.41, 5.74) is 0.529. The van der Waals surface area contributed by atoms with E-state index in [1.165, 1.54) is 11.9 Å². The maximum atomic E-state index is 13.1. The molecule has 0 heterocycles. The lowest BCUT2D eigenvalue weighted by molar-refractivity contribution is -0.118. The van der Waals surface area contributed by atoms with E-state index in [0.29, 0.717) is 18.0 Å². The molecule has 154 valence electrons. The van der Waals surface area contributed by atoms with Gasteiger partial charge in [-0.05, 0) is 55.5 Å². The van der Waals surface area contributed by atoms with Crippen molar-refractivity contribution in [3.8, 4) is 11.8 Å². The van der Waals surface area contributed by atoms with E-state index in [4.69, 9.17) is 10.00 Å². The number of halogens is 1. The zero-order valence-electron chi connectivity index (χ0n) is 16.2. The minimum atomic E-state index is -3.97. The lowest BCUT2D eigenvalue weighted by Crippen LogP contribution is -2.41. The van der Waals surface area contributed by atoms with E-state index < -0.39 is 28.3 Å². The highest BCUT2D eigenvalue weighted by Crippen LogP contribution is 2.21. The molecule has 0 aliphatic heterocycles. The van der Waals surface area contributed by atoms with Crippen LogP contribution in [0.1, 0.15) is 13.3 Å². The van der Waals surface area contributed by atoms with Crippen LogP contribution in [0.3, 0.4) is 0 Å². The van der Waals surface area contributed by atoms with Gasteiger partial charge in [-0.25, -0.2) is 12.8 Å². The van der Waals surface area contributed by atoms with E-state index in [1.807, 2.05) is 13.0 Å². The number of benzene rings is 2. The summed E-state index contributed by atoms with van der Waals surface area (Å²) in [6.07, 6.45) is 0.0907. The second-order valence-corrected chi connectivity index (χ2v) is 8.14. The third kappa shape index (κ3) is 5.76. The van der Waals surface area contributed by atoms with Crippen LogP contribution < -0.4 is 9.64 Å². The van der Waals surface area contributed by atoms with Gasteiger partial charge in [0.15, 0.2) is 0 Å². The Bertz CT molecular complexity index is 970. The van der Waals surface area contributed by atoms with Crippen LogP contribution in [0.4, 0.5) is 10.1 Å². The first kappa shape index (κ1) is 22.3. The molecule has 0 spiro atoms. The van der Waals surface area contributed by atoms with Gasteiger partial charge in [0.1, 0.15) is 11.6 Å². The van der Waals surface area contributed by atoms with Crippen LogP contribution in [-0.2, 0) is 14.8 Å². The van der Waals surface area contributed by atoms with Crippen LogP contribution in [0.5, 0.6) is 5.75 Å². The lowest BCUT2D eigenvalue weighted by atomic mass is 10.2. The van der Waals surface area contributed by atoms with Crippen LogP contribution in [0.2, 0.25) is 0 Å². The van der Waals surface area contributed by atoms with Gasteiger partial charge in [-0.1, -0.05) is 0 Å². The van der Waals surface area contributed by atoms with Gasteiger partial charge in [-0.15, -0.1) is 0 Å². The summed E-state index contributed by atoms with van der Waals surface area (Å²) in [5, 5.41) is 8.90. The summed E-state index contributed by atoms with van der Waals surface area (Å²) < 4.78 is 44.6. The van der Waals surface area contributed by atoms with Gasteiger partial charge in [0.05, 0.1) is 30.5 Å². The Morgan fingerprint density at radius 3 is 2.31 bits per heavy atom. The van der Waals surface area contributed by atoms with Crippen molar-refractivity contribution in [2.24, 2.45) is 0 Å². The summed E-state index contributed by atoms with van der Waals surface area (Å²) in [4.78, 5) is 14.1. The average Bonchev–Trinajstić information content (AvgIpc) is 2.70. The van der Waals surface area contributed by atoms with Crippen molar-refractivity contribution < 1.29 is 22.3 Å². The Balaban J connectivity index is 2.20. The van der Waals surface area contributed by atoms with E-state index in [2.05, 4.69) is 0 Å². The van der Waals surface area contributed by atoms with Crippen LogP contribution in [0, 0.1) is 17.1 Å². The molecular weight excluding hydrogens is 397 g/mol. The monoisotopic (exact) mass is 419 g/mol. The molecule has 0 unspecified atom stereocenters. The number of likely N-dealkylation sites (N-methyl/N-ethyl adjacent to an activating group) is 1. The standard InChI is InChI=1S/C20H22FN3O4S/c1-3-28-18-9-7-17(8-10-18)24(14-4-13-22)20(25)15-23(2)29(26,27)19-11-5-16(21)6-12-19/h5-12H,3-4,14-15H2,1-2H3. The van der Waals surface area contributed by atoms with Crippen molar-refractivity contribution >= 4 is 21.6 Å². The fourth-order valence-electron chi connectivity index (χ4n) is 2.60. The molecule has 0 N–H and O–H groups in total. The topological polar surface area (TPSA) is 90.7 Å². The Morgan fingerprint density at radius 2 is 1.76 bits per heavy atom. The molecule has 1 amide bonds. The molecule has 0 fully saturated rings. The minimum absolute atomic E-state index is 0.0907. The maximum Gasteiger partial charge on any atom is 0.243 e. The molecule has 29 heavy (non-hydrogen) atoms. The molecule has 0 radical (unpaired) electrons. The van der Waals surface area contributed by atoms with Gasteiger partial charge < -0.3 is 9.64 Å². The Morgan fingerprint density at radius 1 is 1.14 bits per heavy atom. The van der Waals surface area contributed by atoms with E-state index >= 15 is 0 Å². The lowest BCUT2D eigenvalue weighted by Gasteiger charge is -2.25. The van der Waals surface area contributed by atoms with Crippen molar-refractivity contribution in [3.63, 3.8) is 0 Å². The molecule has 0 aliphatic rings. The number of carbonyl (C=O) groups is 1. The number of anilines is 1. The van der Waals surface area contributed by atoms with Crippen LogP contribution in [-0.4, -0.2) is 45.4 Å². The van der Waals surface area contributed by atoms with Gasteiger partial charge in [0.25, 0.3) is 0 Å². The molecule has 0 saturated carbocycles. The normalized spacial score (nSPS) is 11.1. The Kier molecular flexibility index (Phi) is 7.70. The third-order valence-corrected chi connectivity index (χ3v) is 5.91. The minimum Gasteiger partial charge on any atom is -0.494 e. The first-order valence-corrected chi connectivity index (χ1v) is 10.4. The van der Waals surface area contributed by atoms with E-state index in [1.54, 1.807) is 24.3 Å². The number of carbonyl (C=O) groups excluding carboxylic acids is 1. The SMILES string of the molecule is CCOc1ccc(N(CCC#N)C(=O)CN(C)S(=O)(=O)c2ccc(F)cc2)cc1. The number of amides is 1. The number of hydrogen-bond acceptors (Lipinski definition) is 5. The van der Waals surface area contributed by atoms with Crippen LogP contribution in [0.15, 0.2) is 53.4 Å². The zero-order chi connectivity index (χ0) is 21.4. The number of sulfonamides is 1. The Hall–Kier alpha value is -2.96. The molecule has 2 aromatic rings. The van der Waals surface area contributed by atoms with Crippen molar-refractivity contribution in [1.82, 2.24) is 4.31 Å². The maximum absolute atomic E-state index is 13.1. The van der Waals surface area contributed by atoms with Crippen molar-refractivity contribution in [3.05, 3.63) is 54.3 Å². The van der Waals surface area contributed by atoms with Gasteiger partial charge in [0, 0.05) is 19.3 Å². The molecule has 0 aromatic heterocycles. The number of rotatable bonds is 9. The van der Waals surface area contributed by atoms with Gasteiger partial charge in [-0.2, -0.15) is 9.57 Å². The summed E-state index contributed by atoms with van der Waals surface area (Å²) in [5.74, 6) is -0.404. The molecular formula is C20H22FN3O4S. The van der Waals surface area contributed by atoms with E-state index in [9.17, 15) is 17.6 Å². The fraction of sp³-hybridized carbons (Fsp3) is 0.300. The molecule has 2 aromatic carbocycles. The van der Waals surface area contributed by atoms with Gasteiger partial charge >= 0.3 is 0 Å². The third-order valence-electron chi connectivity index (χ3n) is 4.09. The summed E-state index contributed by atoms with van der Waals surface area (Å²) >= 11 is 0. The predicted molar refractivity (Wildman–Crippen MR) is 106 cm³/mol. The number of hydrogen-bond donors (Lipinski definition) is 0. The highest BCUT2D eigenvalue weighted by atomic mass is 32.2. The number of nitriles is 1. The molecule has 0 aliphatic carbocycles. The fourth-order valence-corrected chi connectivity index (χ4v) is 3.72. The van der Waals surface area contributed by atoms with Crippen LogP contribution >= 0.6 is 0 Å². The summed E-state index contributed by atoms with van der Waals surface area (Å²) in [7, 11) is -2.69. The second-order valence-electron chi connectivity index (χ2n) is 6.10. The molecule has 9 heteroatoms. The first-order valence-electron chi connectivity index (χ1n) is 8.91. The smallest absolute Gasteiger partial charge is 0.243 e. The molecule has 7 nitrogen and oxygen atoms in total. The highest BCUT2D eigenvalue weighted by Gasteiger charge is 2.26. The number of ether oxygens (including phenoxy) is 1.